The van der Waals surface area contributed by atoms with E-state index in [2.05, 4.69) is 38.7 Å². The van der Waals surface area contributed by atoms with Gasteiger partial charge in [-0.2, -0.15) is 0 Å². The molecule has 5 rings (SSSR count). The number of fused-ring (bicyclic) bond motifs is 3. The van der Waals surface area contributed by atoms with E-state index < -0.39 is 0 Å². The molecule has 1 fully saturated rings. The highest BCUT2D eigenvalue weighted by Crippen LogP contribution is 2.51. The molecular weight excluding hydrogens is 444 g/mol. The first-order valence-electron chi connectivity index (χ1n) is 10.6. The molecule has 0 saturated carbocycles. The molecule has 0 aromatic heterocycles. The zero-order valence-electron chi connectivity index (χ0n) is 16.6. The van der Waals surface area contributed by atoms with E-state index in [0.717, 1.165) is 47.2 Å². The third-order valence-corrected chi connectivity index (χ3v) is 6.96. The molecule has 3 aliphatic rings. The maximum absolute atomic E-state index is 12.7. The summed E-state index contributed by atoms with van der Waals surface area (Å²) >= 11 is 3.52. The lowest BCUT2D eigenvalue weighted by Gasteiger charge is -2.38. The van der Waals surface area contributed by atoms with Crippen molar-refractivity contribution in [1.82, 2.24) is 5.32 Å². The quantitative estimate of drug-likeness (QED) is 0.558. The maximum Gasteiger partial charge on any atom is 0.251 e. The van der Waals surface area contributed by atoms with Gasteiger partial charge >= 0.3 is 0 Å². The average molecular weight is 469 g/mol. The fourth-order valence-electron chi connectivity index (χ4n) is 4.93. The molecule has 0 bridgehead atoms. The van der Waals surface area contributed by atoms with Gasteiger partial charge in [-0.1, -0.05) is 28.1 Å². The lowest BCUT2D eigenvalue weighted by atomic mass is 9.76. The van der Waals surface area contributed by atoms with Crippen LogP contribution in [0.4, 0.5) is 5.69 Å². The first-order valence-corrected chi connectivity index (χ1v) is 11.3. The molecule has 1 aliphatic carbocycles. The fourth-order valence-corrected chi connectivity index (χ4v) is 5.31. The normalized spacial score (nSPS) is 26.7. The van der Waals surface area contributed by atoms with Gasteiger partial charge in [0.2, 0.25) is 0 Å². The Kier molecular flexibility index (Phi) is 5.29. The number of halogens is 1. The molecular formula is C24H25BrN2O3. The molecule has 6 heteroatoms. The van der Waals surface area contributed by atoms with Crippen LogP contribution in [0.5, 0.6) is 5.75 Å². The van der Waals surface area contributed by atoms with Gasteiger partial charge in [0.25, 0.3) is 5.91 Å². The van der Waals surface area contributed by atoms with E-state index in [1.54, 1.807) is 6.07 Å². The zero-order valence-corrected chi connectivity index (χ0v) is 18.2. The van der Waals surface area contributed by atoms with Crippen LogP contribution in [0, 0.1) is 5.92 Å². The van der Waals surface area contributed by atoms with Crippen LogP contribution in [0.2, 0.25) is 0 Å². The van der Waals surface area contributed by atoms with Gasteiger partial charge < -0.3 is 20.5 Å². The molecule has 156 valence electrons. The molecule has 0 radical (unpaired) electrons. The topological polar surface area (TPSA) is 70.6 Å². The number of phenols is 1. The third-order valence-electron chi connectivity index (χ3n) is 6.46. The summed E-state index contributed by atoms with van der Waals surface area (Å²) in [6, 6.07) is 11.4. The predicted molar refractivity (Wildman–Crippen MR) is 120 cm³/mol. The monoisotopic (exact) mass is 468 g/mol. The van der Waals surface area contributed by atoms with Crippen LogP contribution in [0.1, 0.15) is 52.7 Å². The van der Waals surface area contributed by atoms with Crippen molar-refractivity contribution in [2.45, 2.75) is 37.3 Å². The second-order valence-electron chi connectivity index (χ2n) is 8.33. The Bertz CT molecular complexity index is 1000. The van der Waals surface area contributed by atoms with Gasteiger partial charge in [-0.3, -0.25) is 4.79 Å². The lowest BCUT2D eigenvalue weighted by molar-refractivity contribution is 0.0857. The summed E-state index contributed by atoms with van der Waals surface area (Å²) in [5.74, 6) is 0.756. The number of hydrogen-bond donors (Lipinski definition) is 3. The minimum Gasteiger partial charge on any atom is -0.508 e. The van der Waals surface area contributed by atoms with Crippen LogP contribution >= 0.6 is 15.9 Å². The van der Waals surface area contributed by atoms with Gasteiger partial charge in [-0.05, 0) is 67.1 Å². The van der Waals surface area contributed by atoms with E-state index in [0.29, 0.717) is 23.8 Å². The second-order valence-corrected chi connectivity index (χ2v) is 9.24. The number of hydrogen-bond acceptors (Lipinski definition) is 4. The summed E-state index contributed by atoms with van der Waals surface area (Å²) in [5, 5.41) is 17.1. The number of carbonyl (C=O) groups is 1. The molecule has 5 nitrogen and oxygen atoms in total. The standard InChI is InChI=1S/C24H25BrN2O3/c25-15-7-9-22(28)20(12-15)23-18-5-1-4-17(18)19-11-14(6-8-21(19)27-23)24(29)26-13-16-3-2-10-30-16/h1,4,6-9,11-12,16-18,23,27-28H,2-3,5,10,13H2,(H,26,29). The highest BCUT2D eigenvalue weighted by Gasteiger charge is 2.39. The Hall–Kier alpha value is -2.31. The Morgan fingerprint density at radius 1 is 1.23 bits per heavy atom. The molecule has 3 N–H and O–H groups in total. The van der Waals surface area contributed by atoms with Crippen LogP contribution in [0.15, 0.2) is 53.0 Å². The number of nitrogens with one attached hydrogen (secondary N) is 2. The van der Waals surface area contributed by atoms with Crippen molar-refractivity contribution in [2.24, 2.45) is 5.92 Å². The van der Waals surface area contributed by atoms with Crippen molar-refractivity contribution in [3.63, 3.8) is 0 Å². The minimum atomic E-state index is -0.0569. The SMILES string of the molecule is O=C(NCC1CCCO1)c1ccc2c(c1)C1C=CCC1C(c1cc(Br)ccc1O)N2. The zero-order chi connectivity index (χ0) is 20.7. The van der Waals surface area contributed by atoms with E-state index in [9.17, 15) is 9.90 Å². The number of amides is 1. The van der Waals surface area contributed by atoms with Crippen LogP contribution in [-0.4, -0.2) is 30.3 Å². The fraction of sp³-hybridized carbons (Fsp3) is 0.375. The smallest absolute Gasteiger partial charge is 0.251 e. The Labute approximate surface area is 184 Å². The van der Waals surface area contributed by atoms with Gasteiger partial charge in [0, 0.05) is 40.4 Å². The molecule has 2 aromatic rings. The van der Waals surface area contributed by atoms with Crippen LogP contribution in [0.3, 0.4) is 0 Å². The average Bonchev–Trinajstić information content (AvgIpc) is 3.45. The van der Waals surface area contributed by atoms with Gasteiger partial charge in [0.1, 0.15) is 5.75 Å². The molecule has 2 aromatic carbocycles. The molecule has 1 saturated heterocycles. The summed E-state index contributed by atoms with van der Waals surface area (Å²) < 4.78 is 6.55. The molecule has 4 atom stereocenters. The van der Waals surface area contributed by atoms with Crippen molar-refractivity contribution < 1.29 is 14.6 Å². The van der Waals surface area contributed by atoms with Gasteiger partial charge in [-0.25, -0.2) is 0 Å². The maximum atomic E-state index is 12.7. The Morgan fingerprint density at radius 3 is 2.97 bits per heavy atom. The van der Waals surface area contributed by atoms with Crippen LogP contribution < -0.4 is 10.6 Å². The van der Waals surface area contributed by atoms with E-state index in [1.807, 2.05) is 30.3 Å². The largest absolute Gasteiger partial charge is 0.508 e. The number of benzene rings is 2. The summed E-state index contributed by atoms with van der Waals surface area (Å²) in [6.07, 6.45) is 7.58. The molecule has 2 heterocycles. The van der Waals surface area contributed by atoms with E-state index in [-0.39, 0.29) is 24.0 Å². The lowest BCUT2D eigenvalue weighted by Crippen LogP contribution is -2.32. The van der Waals surface area contributed by atoms with E-state index >= 15 is 0 Å². The van der Waals surface area contributed by atoms with Gasteiger partial charge in [0.05, 0.1) is 12.1 Å². The summed E-state index contributed by atoms with van der Waals surface area (Å²) in [7, 11) is 0. The van der Waals surface area contributed by atoms with Crippen molar-refractivity contribution >= 4 is 27.5 Å². The van der Waals surface area contributed by atoms with E-state index in [4.69, 9.17) is 4.74 Å². The first kappa shape index (κ1) is 19.6. The molecule has 30 heavy (non-hydrogen) atoms. The number of phenolic OH excluding ortho intramolecular Hbond substituents is 1. The molecule has 0 spiro atoms. The van der Waals surface area contributed by atoms with Crippen molar-refractivity contribution in [1.29, 1.82) is 0 Å². The van der Waals surface area contributed by atoms with Crippen molar-refractivity contribution in [2.75, 3.05) is 18.5 Å². The molecule has 2 aliphatic heterocycles. The highest BCUT2D eigenvalue weighted by atomic mass is 79.9. The first-order chi connectivity index (χ1) is 14.6. The molecule has 4 unspecified atom stereocenters. The Morgan fingerprint density at radius 2 is 2.13 bits per heavy atom. The summed E-state index contributed by atoms with van der Waals surface area (Å²) in [4.78, 5) is 12.7. The van der Waals surface area contributed by atoms with Gasteiger partial charge in [0.15, 0.2) is 0 Å². The second kappa shape index (κ2) is 8.08. The number of anilines is 1. The van der Waals surface area contributed by atoms with E-state index in [1.165, 1.54) is 0 Å². The number of allylic oxidation sites excluding steroid dienone is 2. The summed E-state index contributed by atoms with van der Waals surface area (Å²) in [6.45, 7) is 1.35. The van der Waals surface area contributed by atoms with Crippen molar-refractivity contribution in [3.05, 3.63) is 69.7 Å². The number of rotatable bonds is 4. The van der Waals surface area contributed by atoms with Crippen molar-refractivity contribution in [3.8, 4) is 5.75 Å². The summed E-state index contributed by atoms with van der Waals surface area (Å²) in [5.41, 5.74) is 3.73. The Balaban J connectivity index is 1.40. The van der Waals surface area contributed by atoms with Crippen LogP contribution in [-0.2, 0) is 4.74 Å². The minimum absolute atomic E-state index is 0.00851. The number of carbonyl (C=O) groups excluding carboxylic acids is 1. The number of ether oxygens (including phenoxy) is 1. The third kappa shape index (κ3) is 3.63. The highest BCUT2D eigenvalue weighted by molar-refractivity contribution is 9.10. The van der Waals surface area contributed by atoms with Gasteiger partial charge in [-0.15, -0.1) is 0 Å². The van der Waals surface area contributed by atoms with Crippen LogP contribution in [0.25, 0.3) is 0 Å². The molecule has 1 amide bonds. The number of aromatic hydroxyl groups is 1. The predicted octanol–water partition coefficient (Wildman–Crippen LogP) is 4.89.